The average Bonchev–Trinajstić information content (AvgIpc) is 2.57. The predicted molar refractivity (Wildman–Crippen MR) is 69.4 cm³/mol. The molecule has 0 bridgehead atoms. The van der Waals surface area contributed by atoms with Crippen LogP contribution in [0.25, 0.3) is 0 Å². The van der Waals surface area contributed by atoms with Crippen molar-refractivity contribution in [1.82, 2.24) is 14.8 Å². The summed E-state index contributed by atoms with van der Waals surface area (Å²) in [7, 11) is 0. The number of aromatic nitrogens is 1. The van der Waals surface area contributed by atoms with E-state index in [1.165, 1.54) is 18.2 Å². The molecule has 2 rings (SSSR count). The maximum Gasteiger partial charge on any atom is 0.422 e. The van der Waals surface area contributed by atoms with Crippen molar-refractivity contribution in [3.63, 3.8) is 0 Å². The van der Waals surface area contributed by atoms with Gasteiger partial charge in [0.05, 0.1) is 5.69 Å². The molecule has 9 nitrogen and oxygen atoms in total. The highest BCUT2D eigenvalue weighted by atomic mass is 79.9. The highest BCUT2D eigenvalue weighted by Gasteiger charge is 2.61. The van der Waals surface area contributed by atoms with E-state index >= 15 is 0 Å². The van der Waals surface area contributed by atoms with Gasteiger partial charge in [0, 0.05) is 0 Å². The van der Waals surface area contributed by atoms with Gasteiger partial charge in [-0.15, -0.1) is 0 Å². The Morgan fingerprint density at radius 2 is 1.86 bits per heavy atom. The highest BCUT2D eigenvalue weighted by molar-refractivity contribution is 9.10. The minimum absolute atomic E-state index is 0.0682. The summed E-state index contributed by atoms with van der Waals surface area (Å²) < 4.78 is 0.306. The Morgan fingerprint density at radius 1 is 1.24 bits per heavy atom. The minimum Gasteiger partial charge on any atom is -0.465 e. The van der Waals surface area contributed by atoms with E-state index in [0.717, 1.165) is 6.92 Å². The maximum atomic E-state index is 12.3. The number of pyridine rings is 1. The zero-order valence-corrected chi connectivity index (χ0v) is 12.1. The Hall–Kier alpha value is -2.49. The fourth-order valence-corrected chi connectivity index (χ4v) is 2.38. The molecule has 110 valence electrons. The van der Waals surface area contributed by atoms with Gasteiger partial charge in [-0.05, 0) is 35.0 Å². The fourth-order valence-electron chi connectivity index (χ4n) is 2.04. The summed E-state index contributed by atoms with van der Waals surface area (Å²) in [4.78, 5) is 50.4. The van der Waals surface area contributed by atoms with Gasteiger partial charge in [-0.2, -0.15) is 4.90 Å². The molecule has 0 spiro atoms. The summed E-state index contributed by atoms with van der Waals surface area (Å²) >= 11 is 3.07. The Balaban J connectivity index is 2.68. The molecule has 1 atom stereocenters. The van der Waals surface area contributed by atoms with Crippen molar-refractivity contribution in [2.45, 2.75) is 12.5 Å². The first-order valence-electron chi connectivity index (χ1n) is 5.49. The van der Waals surface area contributed by atoms with Crippen molar-refractivity contribution < 1.29 is 29.4 Å². The Labute approximate surface area is 125 Å². The second-order valence-electron chi connectivity index (χ2n) is 4.24. The first-order valence-corrected chi connectivity index (χ1v) is 6.28. The van der Waals surface area contributed by atoms with Crippen LogP contribution in [0.4, 0.5) is 14.4 Å². The quantitative estimate of drug-likeness (QED) is 0.577. The number of nitrogens with zero attached hydrogens (tertiary/aromatic N) is 3. The van der Waals surface area contributed by atoms with Crippen LogP contribution in [0.3, 0.4) is 0 Å². The van der Waals surface area contributed by atoms with Crippen LogP contribution >= 0.6 is 15.9 Å². The lowest BCUT2D eigenvalue weighted by Crippen LogP contribution is -2.47. The molecule has 1 aliphatic rings. The van der Waals surface area contributed by atoms with Crippen LogP contribution in [0.2, 0.25) is 0 Å². The summed E-state index contributed by atoms with van der Waals surface area (Å²) in [5, 5.41) is 18.1. The summed E-state index contributed by atoms with van der Waals surface area (Å²) in [5.74, 6) is -1.20. The first kappa shape index (κ1) is 14.9. The lowest BCUT2D eigenvalue weighted by Gasteiger charge is -2.27. The zero-order valence-electron chi connectivity index (χ0n) is 10.5. The molecular weight excluding hydrogens is 350 g/mol. The number of hydrogen-bond donors (Lipinski definition) is 2. The minimum atomic E-state index is -2.05. The number of carbonyl (C=O) groups excluding carboxylic acids is 2. The molecule has 0 aliphatic carbocycles. The first-order chi connectivity index (χ1) is 9.71. The molecule has 2 heterocycles. The van der Waals surface area contributed by atoms with E-state index in [0.29, 0.717) is 4.60 Å². The van der Waals surface area contributed by atoms with Crippen LogP contribution < -0.4 is 0 Å². The van der Waals surface area contributed by atoms with Gasteiger partial charge in [0.25, 0.3) is 5.91 Å². The third-order valence-corrected chi connectivity index (χ3v) is 3.49. The van der Waals surface area contributed by atoms with Crippen molar-refractivity contribution in [2.24, 2.45) is 0 Å². The van der Waals surface area contributed by atoms with E-state index in [-0.39, 0.29) is 15.5 Å². The molecule has 0 saturated carbocycles. The normalized spacial score (nSPS) is 21.8. The monoisotopic (exact) mass is 357 g/mol. The molecule has 1 aliphatic heterocycles. The summed E-state index contributed by atoms with van der Waals surface area (Å²) in [6.07, 6.45) is -3.60. The van der Waals surface area contributed by atoms with Gasteiger partial charge in [-0.25, -0.2) is 24.3 Å². The summed E-state index contributed by atoms with van der Waals surface area (Å²) in [6.45, 7) is 1.12. The second-order valence-corrected chi connectivity index (χ2v) is 5.05. The largest absolute Gasteiger partial charge is 0.465 e. The van der Waals surface area contributed by atoms with E-state index in [1.807, 2.05) is 0 Å². The van der Waals surface area contributed by atoms with Crippen molar-refractivity contribution in [1.29, 1.82) is 0 Å². The standard InChI is InChI=1S/C11H8BrN3O6/c1-11(5-3-2-4-6(12)13-5)7(16)14(9(18)19)8(17)15(11)10(20)21/h2-4H,1H3,(H,18,19)(H,20,21). The lowest BCUT2D eigenvalue weighted by molar-refractivity contribution is -0.131. The van der Waals surface area contributed by atoms with Gasteiger partial charge in [0.1, 0.15) is 4.60 Å². The van der Waals surface area contributed by atoms with Crippen LogP contribution in [-0.2, 0) is 10.3 Å². The molecule has 1 unspecified atom stereocenters. The van der Waals surface area contributed by atoms with E-state index in [9.17, 15) is 19.2 Å². The van der Waals surface area contributed by atoms with E-state index in [2.05, 4.69) is 20.9 Å². The summed E-state index contributed by atoms with van der Waals surface area (Å²) in [6, 6.07) is 2.90. The number of rotatable bonds is 1. The van der Waals surface area contributed by atoms with Gasteiger partial charge in [0.15, 0.2) is 5.54 Å². The topological polar surface area (TPSA) is 128 Å². The molecular formula is C11H8BrN3O6. The number of carboxylic acid groups (broad SMARTS) is 2. The number of halogens is 1. The zero-order chi connectivity index (χ0) is 15.9. The van der Waals surface area contributed by atoms with Crippen molar-refractivity contribution >= 4 is 40.1 Å². The second kappa shape index (κ2) is 4.81. The van der Waals surface area contributed by atoms with E-state index in [4.69, 9.17) is 10.2 Å². The Kier molecular flexibility index (Phi) is 3.41. The molecule has 2 N–H and O–H groups in total. The van der Waals surface area contributed by atoms with Gasteiger partial charge < -0.3 is 10.2 Å². The van der Waals surface area contributed by atoms with Gasteiger partial charge in [-0.3, -0.25) is 4.79 Å². The molecule has 0 radical (unpaired) electrons. The Morgan fingerprint density at radius 3 is 2.33 bits per heavy atom. The fraction of sp³-hybridized carbons (Fsp3) is 0.182. The molecule has 10 heteroatoms. The molecule has 1 aromatic rings. The third kappa shape index (κ3) is 2.03. The molecule has 1 aromatic heterocycles. The van der Waals surface area contributed by atoms with E-state index < -0.39 is 29.7 Å². The van der Waals surface area contributed by atoms with Crippen molar-refractivity contribution in [3.05, 3.63) is 28.5 Å². The Bertz CT molecular complexity index is 678. The number of urea groups is 1. The van der Waals surface area contributed by atoms with Crippen LogP contribution in [0.1, 0.15) is 12.6 Å². The molecule has 0 aromatic carbocycles. The van der Waals surface area contributed by atoms with Crippen LogP contribution in [-0.4, -0.2) is 49.1 Å². The van der Waals surface area contributed by atoms with Gasteiger partial charge in [0.2, 0.25) is 0 Å². The highest BCUT2D eigenvalue weighted by Crippen LogP contribution is 2.36. The maximum absolute atomic E-state index is 12.3. The van der Waals surface area contributed by atoms with Gasteiger partial charge >= 0.3 is 18.2 Å². The van der Waals surface area contributed by atoms with Crippen LogP contribution in [0, 0.1) is 0 Å². The molecule has 21 heavy (non-hydrogen) atoms. The van der Waals surface area contributed by atoms with E-state index in [1.54, 1.807) is 0 Å². The predicted octanol–water partition coefficient (Wildman–Crippen LogP) is 1.68. The molecule has 1 fully saturated rings. The number of hydrogen-bond acceptors (Lipinski definition) is 5. The van der Waals surface area contributed by atoms with Crippen LogP contribution in [0.15, 0.2) is 22.8 Å². The SMILES string of the molecule is CC1(c2cccc(Br)n2)C(=O)N(C(=O)O)C(=O)N1C(=O)O. The van der Waals surface area contributed by atoms with Crippen LogP contribution in [0.5, 0.6) is 0 Å². The van der Waals surface area contributed by atoms with Crippen molar-refractivity contribution in [2.75, 3.05) is 0 Å². The van der Waals surface area contributed by atoms with Gasteiger partial charge in [-0.1, -0.05) is 6.07 Å². The third-order valence-electron chi connectivity index (χ3n) is 3.05. The number of carbonyl (C=O) groups is 4. The van der Waals surface area contributed by atoms with Crippen molar-refractivity contribution in [3.8, 4) is 0 Å². The lowest BCUT2D eigenvalue weighted by atomic mass is 9.95. The average molecular weight is 358 g/mol. The molecule has 5 amide bonds. The molecule has 1 saturated heterocycles. The smallest absolute Gasteiger partial charge is 0.422 e. The number of imide groups is 4. The number of amides is 5. The summed E-state index contributed by atoms with van der Waals surface area (Å²) in [5.41, 5.74) is -2.12.